The molecule has 4 nitrogen and oxygen atoms in total. The van der Waals surface area contributed by atoms with E-state index in [9.17, 15) is 4.79 Å². The van der Waals surface area contributed by atoms with Crippen molar-refractivity contribution < 1.29 is 4.79 Å². The van der Waals surface area contributed by atoms with Crippen molar-refractivity contribution in [3.8, 4) is 0 Å². The molecule has 0 spiro atoms. The fraction of sp³-hybridized carbons (Fsp3) is 0.188. The molecule has 0 atom stereocenters. The molecule has 0 heterocycles. The van der Waals surface area contributed by atoms with Crippen LogP contribution in [0.4, 0.5) is 17.1 Å². The highest BCUT2D eigenvalue weighted by Gasteiger charge is 2.12. The van der Waals surface area contributed by atoms with Gasteiger partial charge in [0.15, 0.2) is 0 Å². The first-order valence-corrected chi connectivity index (χ1v) is 6.48. The molecule has 2 N–H and O–H groups in total. The Kier molecular flexibility index (Phi) is 4.25. The maximum Gasteiger partial charge on any atom is 0.257 e. The average molecular weight is 269 g/mol. The smallest absolute Gasteiger partial charge is 0.257 e. The van der Waals surface area contributed by atoms with Gasteiger partial charge in [-0.1, -0.05) is 24.3 Å². The van der Waals surface area contributed by atoms with Gasteiger partial charge in [0.2, 0.25) is 0 Å². The largest absolute Gasteiger partial charge is 0.387 e. The van der Waals surface area contributed by atoms with E-state index in [1.807, 2.05) is 61.5 Å². The van der Waals surface area contributed by atoms with E-state index in [0.29, 0.717) is 5.56 Å². The van der Waals surface area contributed by atoms with E-state index in [4.69, 9.17) is 0 Å². The van der Waals surface area contributed by atoms with Gasteiger partial charge in [-0.05, 0) is 24.3 Å². The molecule has 104 valence electrons. The summed E-state index contributed by atoms with van der Waals surface area (Å²) in [4.78, 5) is 14.4. The molecule has 0 radical (unpaired) electrons. The molecule has 0 saturated heterocycles. The SMILES string of the molecule is CNc1ccccc1C(=O)Nc1ccccc1N(C)C. The van der Waals surface area contributed by atoms with Crippen molar-refractivity contribution in [1.82, 2.24) is 0 Å². The molecule has 0 saturated carbocycles. The number of hydrogen-bond donors (Lipinski definition) is 2. The Morgan fingerprint density at radius 3 is 2.20 bits per heavy atom. The lowest BCUT2D eigenvalue weighted by Crippen LogP contribution is -2.17. The molecule has 0 bridgehead atoms. The normalized spacial score (nSPS) is 9.95. The van der Waals surface area contributed by atoms with Gasteiger partial charge in [0, 0.05) is 26.8 Å². The van der Waals surface area contributed by atoms with Crippen LogP contribution in [0.15, 0.2) is 48.5 Å². The molecule has 4 heteroatoms. The van der Waals surface area contributed by atoms with Crippen LogP contribution in [0.3, 0.4) is 0 Å². The van der Waals surface area contributed by atoms with E-state index in [2.05, 4.69) is 10.6 Å². The van der Waals surface area contributed by atoms with Gasteiger partial charge in [-0.3, -0.25) is 4.79 Å². The predicted molar refractivity (Wildman–Crippen MR) is 84.7 cm³/mol. The van der Waals surface area contributed by atoms with Crippen LogP contribution in [-0.4, -0.2) is 27.1 Å². The van der Waals surface area contributed by atoms with Gasteiger partial charge in [-0.25, -0.2) is 0 Å². The van der Waals surface area contributed by atoms with Crippen molar-refractivity contribution in [2.45, 2.75) is 0 Å². The van der Waals surface area contributed by atoms with Crippen molar-refractivity contribution in [1.29, 1.82) is 0 Å². The Labute approximate surface area is 119 Å². The molecular weight excluding hydrogens is 250 g/mol. The van der Waals surface area contributed by atoms with Crippen LogP contribution < -0.4 is 15.5 Å². The molecule has 20 heavy (non-hydrogen) atoms. The molecule has 0 aliphatic carbocycles. The first-order valence-electron chi connectivity index (χ1n) is 6.48. The highest BCUT2D eigenvalue weighted by atomic mass is 16.1. The van der Waals surface area contributed by atoms with E-state index in [0.717, 1.165) is 17.1 Å². The third-order valence-corrected chi connectivity index (χ3v) is 3.08. The summed E-state index contributed by atoms with van der Waals surface area (Å²) in [5.74, 6) is -0.121. The third kappa shape index (κ3) is 2.91. The molecule has 0 fully saturated rings. The van der Waals surface area contributed by atoms with Gasteiger partial charge in [-0.15, -0.1) is 0 Å². The summed E-state index contributed by atoms with van der Waals surface area (Å²) >= 11 is 0. The standard InChI is InChI=1S/C16H19N3O/c1-17-13-9-5-4-8-12(13)16(20)18-14-10-6-7-11-15(14)19(2)3/h4-11,17H,1-3H3,(H,18,20). The predicted octanol–water partition coefficient (Wildman–Crippen LogP) is 3.05. The zero-order chi connectivity index (χ0) is 14.5. The van der Waals surface area contributed by atoms with E-state index in [-0.39, 0.29) is 5.91 Å². The van der Waals surface area contributed by atoms with E-state index in [1.54, 1.807) is 13.1 Å². The minimum Gasteiger partial charge on any atom is -0.387 e. The summed E-state index contributed by atoms with van der Waals surface area (Å²) in [6.07, 6.45) is 0. The summed E-state index contributed by atoms with van der Waals surface area (Å²) in [5.41, 5.74) is 3.21. The van der Waals surface area contributed by atoms with E-state index < -0.39 is 0 Å². The maximum atomic E-state index is 12.4. The van der Waals surface area contributed by atoms with Gasteiger partial charge in [0.05, 0.1) is 16.9 Å². The van der Waals surface area contributed by atoms with E-state index in [1.165, 1.54) is 0 Å². The highest BCUT2D eigenvalue weighted by molar-refractivity contribution is 6.09. The summed E-state index contributed by atoms with van der Waals surface area (Å²) in [6, 6.07) is 15.2. The lowest BCUT2D eigenvalue weighted by molar-refractivity contribution is 0.102. The molecule has 0 aliphatic rings. The quantitative estimate of drug-likeness (QED) is 0.896. The molecule has 2 aromatic carbocycles. The number of carbonyl (C=O) groups is 1. The number of carbonyl (C=O) groups excluding carboxylic acids is 1. The van der Waals surface area contributed by atoms with Gasteiger partial charge in [-0.2, -0.15) is 0 Å². The van der Waals surface area contributed by atoms with Crippen LogP contribution in [-0.2, 0) is 0 Å². The van der Waals surface area contributed by atoms with Crippen LogP contribution in [0.1, 0.15) is 10.4 Å². The fourth-order valence-corrected chi connectivity index (χ4v) is 2.06. The van der Waals surface area contributed by atoms with E-state index >= 15 is 0 Å². The Morgan fingerprint density at radius 1 is 0.950 bits per heavy atom. The van der Waals surface area contributed by atoms with Gasteiger partial charge in [0.1, 0.15) is 0 Å². The number of para-hydroxylation sites is 3. The van der Waals surface area contributed by atoms with Crippen LogP contribution in [0.25, 0.3) is 0 Å². The first-order chi connectivity index (χ1) is 9.63. The highest BCUT2D eigenvalue weighted by Crippen LogP contribution is 2.25. The number of nitrogens with zero attached hydrogens (tertiary/aromatic N) is 1. The van der Waals surface area contributed by atoms with Gasteiger partial charge >= 0.3 is 0 Å². The van der Waals surface area contributed by atoms with Crippen molar-refractivity contribution >= 4 is 23.0 Å². The number of hydrogen-bond acceptors (Lipinski definition) is 3. The second-order valence-electron chi connectivity index (χ2n) is 4.66. The summed E-state index contributed by atoms with van der Waals surface area (Å²) in [7, 11) is 5.71. The Hall–Kier alpha value is -2.49. The van der Waals surface area contributed by atoms with Crippen molar-refractivity contribution in [3.63, 3.8) is 0 Å². The zero-order valence-corrected chi connectivity index (χ0v) is 12.0. The Bertz CT molecular complexity index is 608. The first kappa shape index (κ1) is 13.9. The molecule has 0 unspecified atom stereocenters. The second kappa shape index (κ2) is 6.10. The summed E-state index contributed by atoms with van der Waals surface area (Å²) < 4.78 is 0. The summed E-state index contributed by atoms with van der Waals surface area (Å²) in [6.45, 7) is 0. The van der Waals surface area contributed by atoms with Crippen LogP contribution in [0, 0.1) is 0 Å². The van der Waals surface area contributed by atoms with Gasteiger partial charge < -0.3 is 15.5 Å². The topological polar surface area (TPSA) is 44.4 Å². The average Bonchev–Trinajstić information content (AvgIpc) is 2.47. The molecule has 0 aromatic heterocycles. The molecule has 1 amide bonds. The molecule has 2 rings (SSSR count). The lowest BCUT2D eigenvalue weighted by atomic mass is 10.1. The van der Waals surface area contributed by atoms with Crippen LogP contribution in [0.5, 0.6) is 0 Å². The minimum atomic E-state index is -0.121. The number of rotatable bonds is 4. The fourth-order valence-electron chi connectivity index (χ4n) is 2.06. The molecule has 2 aromatic rings. The monoisotopic (exact) mass is 269 g/mol. The number of amides is 1. The zero-order valence-electron chi connectivity index (χ0n) is 12.0. The molecule has 0 aliphatic heterocycles. The van der Waals surface area contributed by atoms with Gasteiger partial charge in [0.25, 0.3) is 5.91 Å². The Balaban J connectivity index is 2.28. The third-order valence-electron chi connectivity index (χ3n) is 3.08. The minimum absolute atomic E-state index is 0.121. The lowest BCUT2D eigenvalue weighted by Gasteiger charge is -2.18. The van der Waals surface area contributed by atoms with Crippen LogP contribution >= 0.6 is 0 Å². The Morgan fingerprint density at radius 2 is 1.55 bits per heavy atom. The second-order valence-corrected chi connectivity index (χ2v) is 4.66. The van der Waals surface area contributed by atoms with Crippen molar-refractivity contribution in [2.75, 3.05) is 36.7 Å². The number of anilines is 3. The van der Waals surface area contributed by atoms with Crippen molar-refractivity contribution in [2.24, 2.45) is 0 Å². The van der Waals surface area contributed by atoms with Crippen LogP contribution in [0.2, 0.25) is 0 Å². The number of benzene rings is 2. The maximum absolute atomic E-state index is 12.4. The summed E-state index contributed by atoms with van der Waals surface area (Å²) in [5, 5.41) is 5.99. The van der Waals surface area contributed by atoms with Crippen molar-refractivity contribution in [3.05, 3.63) is 54.1 Å². The molecular formula is C16H19N3O. The number of nitrogens with one attached hydrogen (secondary N) is 2.